The summed E-state index contributed by atoms with van der Waals surface area (Å²) in [6, 6.07) is 0.412. The summed E-state index contributed by atoms with van der Waals surface area (Å²) in [7, 11) is 0. The third-order valence-corrected chi connectivity index (χ3v) is 1.78. The predicted molar refractivity (Wildman–Crippen MR) is 50.0 cm³/mol. The molecule has 0 aliphatic carbocycles. The highest BCUT2D eigenvalue weighted by Gasteiger charge is 2.04. The van der Waals surface area contributed by atoms with Crippen molar-refractivity contribution in [3.05, 3.63) is 12.7 Å². The topological polar surface area (TPSA) is 38.0 Å². The molecule has 0 rings (SSSR count). The first-order valence-electron chi connectivity index (χ1n) is 4.27. The Labute approximate surface area is 69.8 Å². The van der Waals surface area contributed by atoms with Gasteiger partial charge in [-0.2, -0.15) is 0 Å². The van der Waals surface area contributed by atoms with Crippen molar-refractivity contribution < 1.29 is 0 Å². The molecular weight excluding hydrogens is 136 g/mol. The Morgan fingerprint density at radius 3 is 2.45 bits per heavy atom. The van der Waals surface area contributed by atoms with Gasteiger partial charge in [0.05, 0.1) is 0 Å². The van der Waals surface area contributed by atoms with Crippen LogP contribution in [0.1, 0.15) is 33.1 Å². The minimum atomic E-state index is 0.412. The van der Waals surface area contributed by atoms with Crippen LogP contribution in [0, 0.1) is 5.92 Å². The maximum absolute atomic E-state index is 5.35. The molecule has 66 valence electrons. The first-order chi connectivity index (χ1) is 5.20. The maximum Gasteiger partial charge on any atom is 0.0245 e. The van der Waals surface area contributed by atoms with Crippen molar-refractivity contribution in [2.75, 3.05) is 0 Å². The molecule has 0 saturated heterocycles. The lowest BCUT2D eigenvalue weighted by molar-refractivity contribution is 0.439. The van der Waals surface area contributed by atoms with Gasteiger partial charge in [0.1, 0.15) is 0 Å². The summed E-state index contributed by atoms with van der Waals surface area (Å²) in [6.45, 7) is 8.13. The molecule has 0 fully saturated rings. The van der Waals surface area contributed by atoms with Crippen molar-refractivity contribution in [3.8, 4) is 0 Å². The Balaban J connectivity index is 3.43. The first-order valence-corrected chi connectivity index (χ1v) is 4.27. The van der Waals surface area contributed by atoms with E-state index in [1.54, 1.807) is 0 Å². The van der Waals surface area contributed by atoms with Crippen molar-refractivity contribution in [2.45, 2.75) is 39.2 Å². The van der Waals surface area contributed by atoms with Crippen molar-refractivity contribution in [1.29, 1.82) is 0 Å². The molecule has 0 aliphatic heterocycles. The summed E-state index contributed by atoms with van der Waals surface area (Å²) < 4.78 is 0. The number of hydrogen-bond donors (Lipinski definition) is 2. The molecule has 2 nitrogen and oxygen atoms in total. The second-order valence-corrected chi connectivity index (χ2v) is 3.36. The summed E-state index contributed by atoms with van der Waals surface area (Å²) >= 11 is 0. The molecule has 0 aromatic carbocycles. The lowest BCUT2D eigenvalue weighted by atomic mass is 10.0. The molecule has 0 aliphatic rings. The second-order valence-electron chi connectivity index (χ2n) is 3.36. The molecule has 3 N–H and O–H groups in total. The van der Waals surface area contributed by atoms with E-state index in [0.29, 0.717) is 6.04 Å². The average Bonchev–Trinajstić information content (AvgIpc) is 1.97. The van der Waals surface area contributed by atoms with E-state index in [-0.39, 0.29) is 0 Å². The lowest BCUT2D eigenvalue weighted by Crippen LogP contribution is -2.34. The summed E-state index contributed by atoms with van der Waals surface area (Å²) in [6.07, 6.45) is 5.23. The van der Waals surface area contributed by atoms with Gasteiger partial charge in [-0.1, -0.05) is 19.9 Å². The number of rotatable bonds is 6. The Morgan fingerprint density at radius 2 is 2.09 bits per heavy atom. The van der Waals surface area contributed by atoms with Gasteiger partial charge < -0.3 is 0 Å². The monoisotopic (exact) mass is 156 g/mol. The van der Waals surface area contributed by atoms with E-state index >= 15 is 0 Å². The first kappa shape index (κ1) is 10.7. The SMILES string of the molecule is C=CCC(CCC(C)C)NN. The van der Waals surface area contributed by atoms with E-state index in [9.17, 15) is 0 Å². The number of hydrogen-bond acceptors (Lipinski definition) is 2. The van der Waals surface area contributed by atoms with Crippen molar-refractivity contribution in [1.82, 2.24) is 5.43 Å². The van der Waals surface area contributed by atoms with Crippen LogP contribution < -0.4 is 11.3 Å². The van der Waals surface area contributed by atoms with E-state index in [1.807, 2.05) is 6.08 Å². The zero-order valence-electron chi connectivity index (χ0n) is 7.64. The molecule has 0 aromatic heterocycles. The van der Waals surface area contributed by atoms with Crippen LogP contribution >= 0.6 is 0 Å². The third-order valence-electron chi connectivity index (χ3n) is 1.78. The predicted octanol–water partition coefficient (Wildman–Crippen LogP) is 1.83. The highest BCUT2D eigenvalue weighted by atomic mass is 15.2. The van der Waals surface area contributed by atoms with Crippen LogP contribution in [0.4, 0.5) is 0 Å². The molecule has 0 aromatic rings. The molecule has 0 spiro atoms. The van der Waals surface area contributed by atoms with Crippen LogP contribution in [-0.4, -0.2) is 6.04 Å². The standard InChI is InChI=1S/C9H20N2/c1-4-5-9(11-10)7-6-8(2)3/h4,8-9,11H,1,5-7,10H2,2-3H3. The quantitative estimate of drug-likeness (QED) is 0.350. The minimum absolute atomic E-state index is 0.412. The zero-order chi connectivity index (χ0) is 8.69. The Kier molecular flexibility index (Phi) is 6.18. The fraction of sp³-hybridized carbons (Fsp3) is 0.778. The van der Waals surface area contributed by atoms with Gasteiger partial charge in [0, 0.05) is 6.04 Å². The van der Waals surface area contributed by atoms with Crippen LogP contribution in [0.25, 0.3) is 0 Å². The number of nitrogens with two attached hydrogens (primary N) is 1. The van der Waals surface area contributed by atoms with E-state index < -0.39 is 0 Å². The highest BCUT2D eigenvalue weighted by Crippen LogP contribution is 2.08. The summed E-state index contributed by atoms with van der Waals surface area (Å²) in [4.78, 5) is 0. The molecule has 1 unspecified atom stereocenters. The summed E-state index contributed by atoms with van der Waals surface area (Å²) in [5.41, 5.74) is 2.79. The molecule has 0 amide bonds. The van der Waals surface area contributed by atoms with Gasteiger partial charge >= 0.3 is 0 Å². The van der Waals surface area contributed by atoms with E-state index in [1.165, 1.54) is 6.42 Å². The van der Waals surface area contributed by atoms with Crippen molar-refractivity contribution >= 4 is 0 Å². The van der Waals surface area contributed by atoms with Gasteiger partial charge in [-0.25, -0.2) is 0 Å². The molecule has 2 heteroatoms. The van der Waals surface area contributed by atoms with Crippen LogP contribution in [0.2, 0.25) is 0 Å². The van der Waals surface area contributed by atoms with Crippen LogP contribution in [0.15, 0.2) is 12.7 Å². The fourth-order valence-corrected chi connectivity index (χ4v) is 1.00. The van der Waals surface area contributed by atoms with Crippen LogP contribution in [-0.2, 0) is 0 Å². The molecule has 0 saturated carbocycles. The van der Waals surface area contributed by atoms with Gasteiger partial charge in [-0.15, -0.1) is 6.58 Å². The lowest BCUT2D eigenvalue weighted by Gasteiger charge is -2.14. The van der Waals surface area contributed by atoms with Gasteiger partial charge in [0.15, 0.2) is 0 Å². The minimum Gasteiger partial charge on any atom is -0.271 e. The molecule has 0 heterocycles. The van der Waals surface area contributed by atoms with E-state index in [2.05, 4.69) is 25.9 Å². The molecule has 0 bridgehead atoms. The van der Waals surface area contributed by atoms with Crippen LogP contribution in [0.5, 0.6) is 0 Å². The van der Waals surface area contributed by atoms with Gasteiger partial charge in [0.25, 0.3) is 0 Å². The normalized spacial score (nSPS) is 13.5. The fourth-order valence-electron chi connectivity index (χ4n) is 1.00. The zero-order valence-corrected chi connectivity index (χ0v) is 7.64. The average molecular weight is 156 g/mol. The molecular formula is C9H20N2. The Bertz CT molecular complexity index is 99.7. The van der Waals surface area contributed by atoms with Gasteiger partial charge in [-0.3, -0.25) is 11.3 Å². The third kappa shape index (κ3) is 6.07. The Morgan fingerprint density at radius 1 is 1.45 bits per heavy atom. The summed E-state index contributed by atoms with van der Waals surface area (Å²) in [5.74, 6) is 6.11. The second kappa shape index (κ2) is 6.38. The summed E-state index contributed by atoms with van der Waals surface area (Å²) in [5, 5.41) is 0. The number of nitrogens with one attached hydrogen (secondary N) is 1. The van der Waals surface area contributed by atoms with Crippen molar-refractivity contribution in [3.63, 3.8) is 0 Å². The van der Waals surface area contributed by atoms with E-state index in [4.69, 9.17) is 5.84 Å². The van der Waals surface area contributed by atoms with Gasteiger partial charge in [0.2, 0.25) is 0 Å². The molecule has 11 heavy (non-hydrogen) atoms. The van der Waals surface area contributed by atoms with Crippen LogP contribution in [0.3, 0.4) is 0 Å². The maximum atomic E-state index is 5.35. The highest BCUT2D eigenvalue weighted by molar-refractivity contribution is 4.76. The largest absolute Gasteiger partial charge is 0.271 e. The number of hydrazine groups is 1. The van der Waals surface area contributed by atoms with E-state index in [0.717, 1.165) is 18.8 Å². The smallest absolute Gasteiger partial charge is 0.0245 e. The molecule has 0 radical (unpaired) electrons. The van der Waals surface area contributed by atoms with Crippen molar-refractivity contribution in [2.24, 2.45) is 11.8 Å². The molecule has 1 atom stereocenters. The Hall–Kier alpha value is -0.340. The van der Waals surface area contributed by atoms with Gasteiger partial charge in [-0.05, 0) is 25.2 Å².